The molecular formula is C11H13NO4. The lowest BCUT2D eigenvalue weighted by Gasteiger charge is -2.08. The largest absolute Gasteiger partial charge is 0.495 e. The Morgan fingerprint density at radius 3 is 2.75 bits per heavy atom. The summed E-state index contributed by atoms with van der Waals surface area (Å²) in [7, 11) is 3.07. The van der Waals surface area contributed by atoms with Crippen molar-refractivity contribution < 1.29 is 19.4 Å². The number of nitrogens with zero attached hydrogens (tertiary/aromatic N) is 1. The minimum absolute atomic E-state index is 0.0179. The minimum atomic E-state index is -0.761. The summed E-state index contributed by atoms with van der Waals surface area (Å²) in [6.45, 7) is 0. The molecule has 1 heterocycles. The zero-order valence-corrected chi connectivity index (χ0v) is 9.14. The molecule has 0 aliphatic heterocycles. The lowest BCUT2D eigenvalue weighted by atomic mass is 10.1. The molecule has 0 radical (unpaired) electrons. The van der Waals surface area contributed by atoms with Crippen LogP contribution in [0.3, 0.4) is 0 Å². The van der Waals surface area contributed by atoms with Gasteiger partial charge in [-0.15, -0.1) is 0 Å². The van der Waals surface area contributed by atoms with E-state index >= 15 is 0 Å². The van der Waals surface area contributed by atoms with Crippen LogP contribution >= 0.6 is 0 Å². The Balaban J connectivity index is 2.28. The number of methoxy groups -OCH3 is 2. The number of hydrogen-bond donors (Lipinski definition) is 1. The number of rotatable bonds is 4. The van der Waals surface area contributed by atoms with Crippen LogP contribution in [0, 0.1) is 5.92 Å². The van der Waals surface area contributed by atoms with E-state index in [0.29, 0.717) is 18.1 Å². The van der Waals surface area contributed by atoms with Crippen molar-refractivity contribution >= 4 is 5.97 Å². The van der Waals surface area contributed by atoms with Gasteiger partial charge in [-0.3, -0.25) is 4.79 Å². The average Bonchev–Trinajstić information content (AvgIpc) is 3.08. The van der Waals surface area contributed by atoms with Gasteiger partial charge in [0.1, 0.15) is 5.75 Å². The summed E-state index contributed by atoms with van der Waals surface area (Å²) in [5, 5.41) is 8.89. The molecule has 1 aromatic rings. The molecule has 2 atom stereocenters. The molecule has 5 nitrogen and oxygen atoms in total. The van der Waals surface area contributed by atoms with Crippen LogP contribution in [0.25, 0.3) is 0 Å². The van der Waals surface area contributed by atoms with E-state index in [1.54, 1.807) is 19.4 Å². The average molecular weight is 223 g/mol. The summed E-state index contributed by atoms with van der Waals surface area (Å²) < 4.78 is 10.2. The second kappa shape index (κ2) is 4.00. The van der Waals surface area contributed by atoms with Crippen molar-refractivity contribution in [2.24, 2.45) is 5.92 Å². The Kier molecular flexibility index (Phi) is 2.68. The standard InChI is InChI=1S/C11H13NO4/c1-15-9-5-12-10(16-2)4-7(9)6-3-8(6)11(13)14/h4-6,8H,3H2,1-2H3,(H,13,14)/t6-,8+/m0/s1. The van der Waals surface area contributed by atoms with Crippen LogP contribution in [0.1, 0.15) is 17.9 Å². The molecule has 1 N–H and O–H groups in total. The first-order valence-electron chi connectivity index (χ1n) is 4.98. The summed E-state index contributed by atoms with van der Waals surface area (Å²) in [6.07, 6.45) is 2.21. The van der Waals surface area contributed by atoms with Crippen molar-refractivity contribution in [3.8, 4) is 11.6 Å². The molecule has 1 aliphatic rings. The van der Waals surface area contributed by atoms with Gasteiger partial charge in [0.25, 0.3) is 0 Å². The highest BCUT2D eigenvalue weighted by Gasteiger charge is 2.45. The molecule has 1 saturated carbocycles. The molecule has 1 fully saturated rings. The topological polar surface area (TPSA) is 68.7 Å². The van der Waals surface area contributed by atoms with E-state index in [1.807, 2.05) is 0 Å². The molecule has 0 unspecified atom stereocenters. The fourth-order valence-corrected chi connectivity index (χ4v) is 1.82. The van der Waals surface area contributed by atoms with E-state index in [-0.39, 0.29) is 11.8 Å². The molecule has 86 valence electrons. The lowest BCUT2D eigenvalue weighted by Crippen LogP contribution is -2.01. The summed E-state index contributed by atoms with van der Waals surface area (Å²) in [5.41, 5.74) is 0.863. The summed E-state index contributed by atoms with van der Waals surface area (Å²) in [4.78, 5) is 14.8. The van der Waals surface area contributed by atoms with Gasteiger partial charge in [-0.1, -0.05) is 0 Å². The smallest absolute Gasteiger partial charge is 0.307 e. The molecule has 0 bridgehead atoms. The van der Waals surface area contributed by atoms with Gasteiger partial charge in [-0.25, -0.2) is 4.98 Å². The lowest BCUT2D eigenvalue weighted by molar-refractivity contribution is -0.138. The quantitative estimate of drug-likeness (QED) is 0.832. The highest BCUT2D eigenvalue weighted by Crippen LogP contribution is 2.50. The van der Waals surface area contributed by atoms with Crippen molar-refractivity contribution in [1.82, 2.24) is 4.98 Å². The van der Waals surface area contributed by atoms with Crippen LogP contribution in [0.4, 0.5) is 0 Å². The predicted octanol–water partition coefficient (Wildman–Crippen LogP) is 1.29. The summed E-state index contributed by atoms with van der Waals surface area (Å²) in [5.74, 6) is 0.0505. The van der Waals surface area contributed by atoms with Crippen LogP contribution in [0.5, 0.6) is 11.6 Å². The third-order valence-electron chi connectivity index (χ3n) is 2.81. The highest BCUT2D eigenvalue weighted by molar-refractivity contribution is 5.75. The van der Waals surface area contributed by atoms with E-state index in [2.05, 4.69) is 4.98 Å². The SMILES string of the molecule is COc1cc([C@@H]2C[C@H]2C(=O)O)c(OC)cn1. The Bertz CT molecular complexity index is 418. The Morgan fingerprint density at radius 1 is 1.50 bits per heavy atom. The molecule has 2 rings (SSSR count). The zero-order chi connectivity index (χ0) is 11.7. The van der Waals surface area contributed by atoms with E-state index in [4.69, 9.17) is 14.6 Å². The van der Waals surface area contributed by atoms with Crippen LogP contribution in [-0.2, 0) is 4.79 Å². The number of ether oxygens (including phenoxy) is 2. The fourth-order valence-electron chi connectivity index (χ4n) is 1.82. The number of aromatic nitrogens is 1. The molecular weight excluding hydrogens is 210 g/mol. The maximum absolute atomic E-state index is 10.8. The van der Waals surface area contributed by atoms with Gasteiger partial charge < -0.3 is 14.6 Å². The first kappa shape index (κ1) is 10.7. The molecule has 0 aromatic carbocycles. The van der Waals surface area contributed by atoms with Gasteiger partial charge in [0.2, 0.25) is 5.88 Å². The Labute approximate surface area is 93.0 Å². The Morgan fingerprint density at radius 2 is 2.25 bits per heavy atom. The number of carbonyl (C=O) groups is 1. The van der Waals surface area contributed by atoms with Gasteiger partial charge in [0.15, 0.2) is 0 Å². The zero-order valence-electron chi connectivity index (χ0n) is 9.14. The summed E-state index contributed by atoms with van der Waals surface area (Å²) >= 11 is 0. The second-order valence-electron chi connectivity index (χ2n) is 3.76. The minimum Gasteiger partial charge on any atom is -0.495 e. The normalized spacial score (nSPS) is 22.6. The van der Waals surface area contributed by atoms with Crippen LogP contribution in [0.15, 0.2) is 12.3 Å². The molecule has 0 saturated heterocycles. The van der Waals surface area contributed by atoms with Crippen molar-refractivity contribution in [1.29, 1.82) is 0 Å². The molecule has 0 spiro atoms. The summed E-state index contributed by atoms with van der Waals surface area (Å²) in [6, 6.07) is 1.74. The van der Waals surface area contributed by atoms with Gasteiger partial charge in [-0.2, -0.15) is 0 Å². The third kappa shape index (κ3) is 1.80. The fraction of sp³-hybridized carbons (Fsp3) is 0.455. The maximum Gasteiger partial charge on any atom is 0.307 e. The Hall–Kier alpha value is -1.78. The van der Waals surface area contributed by atoms with Crippen molar-refractivity contribution in [3.63, 3.8) is 0 Å². The van der Waals surface area contributed by atoms with Crippen molar-refractivity contribution in [3.05, 3.63) is 17.8 Å². The van der Waals surface area contributed by atoms with Crippen molar-refractivity contribution in [2.45, 2.75) is 12.3 Å². The number of carboxylic acid groups (broad SMARTS) is 1. The molecule has 5 heteroatoms. The number of hydrogen-bond acceptors (Lipinski definition) is 4. The first-order chi connectivity index (χ1) is 7.67. The van der Waals surface area contributed by atoms with Crippen molar-refractivity contribution in [2.75, 3.05) is 14.2 Å². The van der Waals surface area contributed by atoms with Crippen LogP contribution < -0.4 is 9.47 Å². The van der Waals surface area contributed by atoms with E-state index in [1.165, 1.54) is 7.11 Å². The molecule has 1 aliphatic carbocycles. The molecule has 1 aromatic heterocycles. The highest BCUT2D eigenvalue weighted by atomic mass is 16.5. The third-order valence-corrected chi connectivity index (χ3v) is 2.81. The van der Waals surface area contributed by atoms with Crippen LogP contribution in [0.2, 0.25) is 0 Å². The molecule has 0 amide bonds. The number of pyridine rings is 1. The monoisotopic (exact) mass is 223 g/mol. The van der Waals surface area contributed by atoms with Gasteiger partial charge >= 0.3 is 5.97 Å². The van der Waals surface area contributed by atoms with Gasteiger partial charge in [0, 0.05) is 17.5 Å². The maximum atomic E-state index is 10.8. The van der Waals surface area contributed by atoms with Gasteiger partial charge in [-0.05, 0) is 6.42 Å². The van der Waals surface area contributed by atoms with Gasteiger partial charge in [0.05, 0.1) is 26.3 Å². The first-order valence-corrected chi connectivity index (χ1v) is 4.98. The van der Waals surface area contributed by atoms with E-state index < -0.39 is 5.97 Å². The predicted molar refractivity (Wildman–Crippen MR) is 55.8 cm³/mol. The van der Waals surface area contributed by atoms with E-state index in [9.17, 15) is 4.79 Å². The van der Waals surface area contributed by atoms with Crippen LogP contribution in [-0.4, -0.2) is 30.3 Å². The number of carboxylic acids is 1. The second-order valence-corrected chi connectivity index (χ2v) is 3.76. The number of aliphatic carboxylic acids is 1. The molecule has 16 heavy (non-hydrogen) atoms. The van der Waals surface area contributed by atoms with E-state index in [0.717, 1.165) is 5.56 Å².